The lowest BCUT2D eigenvalue weighted by Crippen LogP contribution is -2.31. The highest BCUT2D eigenvalue weighted by Crippen LogP contribution is 2.31. The van der Waals surface area contributed by atoms with E-state index >= 15 is 0 Å². The maximum Gasteiger partial charge on any atom is 0.373 e. The van der Waals surface area contributed by atoms with Gasteiger partial charge in [-0.3, -0.25) is 4.89 Å². The van der Waals surface area contributed by atoms with Crippen molar-refractivity contribution in [3.05, 3.63) is 35.4 Å². The van der Waals surface area contributed by atoms with Gasteiger partial charge in [0, 0.05) is 0 Å². The number of rotatable bonds is 6. The minimum Gasteiger partial charge on any atom is -0.293 e. The zero-order chi connectivity index (χ0) is 15.9. The summed E-state index contributed by atoms with van der Waals surface area (Å²) in [6.07, 6.45) is 6.76. The molecule has 1 aromatic carbocycles. The van der Waals surface area contributed by atoms with Gasteiger partial charge in [-0.1, -0.05) is 52.2 Å². The Labute approximate surface area is 133 Å². The highest BCUT2D eigenvalue weighted by molar-refractivity contribution is 5.88. The molecule has 0 aromatic heterocycles. The molecule has 2 rings (SSSR count). The summed E-state index contributed by atoms with van der Waals surface area (Å²) in [6, 6.07) is 7.64. The molecular weight excluding hydrogens is 276 g/mol. The molecule has 0 aliphatic heterocycles. The smallest absolute Gasteiger partial charge is 0.293 e. The third-order valence-corrected chi connectivity index (χ3v) is 4.89. The Bertz CT molecular complexity index is 466. The van der Waals surface area contributed by atoms with Crippen LogP contribution in [0.1, 0.15) is 68.8 Å². The van der Waals surface area contributed by atoms with Crippen LogP contribution in [0.15, 0.2) is 24.3 Å². The summed E-state index contributed by atoms with van der Waals surface area (Å²) < 4.78 is 0. The van der Waals surface area contributed by atoms with Gasteiger partial charge in [0.15, 0.2) is 0 Å². The first-order chi connectivity index (χ1) is 10.6. The Hall–Kier alpha value is -1.35. The normalized spacial score (nSPS) is 25.0. The van der Waals surface area contributed by atoms with Crippen molar-refractivity contribution in [1.82, 2.24) is 0 Å². The highest BCUT2D eigenvalue weighted by atomic mass is 17.2. The van der Waals surface area contributed by atoms with Gasteiger partial charge in [-0.2, -0.15) is 4.89 Å². The van der Waals surface area contributed by atoms with Crippen LogP contribution in [0, 0.1) is 11.8 Å². The average molecular weight is 304 g/mol. The fourth-order valence-corrected chi connectivity index (χ4v) is 3.01. The topological polar surface area (TPSA) is 35.5 Å². The minimum atomic E-state index is -0.396. The highest BCUT2D eigenvalue weighted by Gasteiger charge is 2.29. The Morgan fingerprint density at radius 1 is 1.18 bits per heavy atom. The first-order valence-electron chi connectivity index (χ1n) is 8.58. The number of carbonyl (C=O) groups excluding carboxylic acids is 1. The predicted octanol–water partition coefficient (Wildman–Crippen LogP) is 4.94. The number of hydrogen-bond donors (Lipinski definition) is 0. The molecule has 1 fully saturated rings. The number of hydrogen-bond acceptors (Lipinski definition) is 3. The predicted molar refractivity (Wildman–Crippen MR) is 87.5 cm³/mol. The van der Waals surface area contributed by atoms with Crippen molar-refractivity contribution in [2.45, 2.75) is 65.4 Å². The maximum absolute atomic E-state index is 12.1. The second kappa shape index (κ2) is 8.33. The molecule has 0 bridgehead atoms. The number of unbranched alkanes of at least 4 members (excludes halogenated alkanes) is 1. The molecule has 1 saturated carbocycles. The van der Waals surface area contributed by atoms with Crippen LogP contribution in [0.2, 0.25) is 0 Å². The summed E-state index contributed by atoms with van der Waals surface area (Å²) in [7, 11) is 0. The summed E-state index contributed by atoms with van der Waals surface area (Å²) >= 11 is 0. The van der Waals surface area contributed by atoms with E-state index in [4.69, 9.17) is 9.78 Å². The molecule has 122 valence electrons. The average Bonchev–Trinajstić information content (AvgIpc) is 2.54. The molecule has 1 aliphatic rings. The summed E-state index contributed by atoms with van der Waals surface area (Å²) in [5.74, 6) is 0.653. The van der Waals surface area contributed by atoms with E-state index in [-0.39, 0.29) is 6.10 Å². The van der Waals surface area contributed by atoms with Crippen molar-refractivity contribution in [1.29, 1.82) is 0 Å². The molecule has 3 heteroatoms. The zero-order valence-corrected chi connectivity index (χ0v) is 14.0. The molecule has 3 atom stereocenters. The molecular formula is C19H28O3. The lowest BCUT2D eigenvalue weighted by atomic mass is 9.80. The van der Waals surface area contributed by atoms with Crippen LogP contribution in [-0.2, 0) is 16.2 Å². The lowest BCUT2D eigenvalue weighted by molar-refractivity contribution is -0.292. The molecule has 0 spiro atoms. The van der Waals surface area contributed by atoms with Crippen LogP contribution in [0.25, 0.3) is 0 Å². The van der Waals surface area contributed by atoms with E-state index in [1.54, 1.807) is 0 Å². The fourth-order valence-electron chi connectivity index (χ4n) is 3.01. The van der Waals surface area contributed by atoms with E-state index in [1.807, 2.05) is 24.3 Å². The van der Waals surface area contributed by atoms with Gasteiger partial charge in [-0.25, -0.2) is 4.79 Å². The van der Waals surface area contributed by atoms with Crippen molar-refractivity contribution in [3.63, 3.8) is 0 Å². The Balaban J connectivity index is 1.84. The number of aryl methyl sites for hydroxylation is 1. The van der Waals surface area contributed by atoms with Gasteiger partial charge < -0.3 is 0 Å². The molecule has 0 amide bonds. The van der Waals surface area contributed by atoms with E-state index in [1.165, 1.54) is 24.8 Å². The minimum absolute atomic E-state index is 0.0246. The quantitative estimate of drug-likeness (QED) is 0.551. The summed E-state index contributed by atoms with van der Waals surface area (Å²) in [5, 5.41) is 0. The first kappa shape index (κ1) is 17.0. The van der Waals surface area contributed by atoms with Gasteiger partial charge in [0.25, 0.3) is 0 Å². The molecule has 0 N–H and O–H groups in total. The molecule has 1 aliphatic carbocycles. The first-order valence-corrected chi connectivity index (χ1v) is 8.58. The van der Waals surface area contributed by atoms with Crippen molar-refractivity contribution in [3.8, 4) is 0 Å². The SMILES string of the molecule is CCCCc1ccc(C(=O)OOC2CCCC(C)C2C)cc1. The Morgan fingerprint density at radius 2 is 1.91 bits per heavy atom. The van der Waals surface area contributed by atoms with Crippen molar-refractivity contribution in [2.24, 2.45) is 11.8 Å². The Morgan fingerprint density at radius 3 is 2.59 bits per heavy atom. The van der Waals surface area contributed by atoms with Crippen molar-refractivity contribution < 1.29 is 14.6 Å². The van der Waals surface area contributed by atoms with Crippen LogP contribution < -0.4 is 0 Å². The third kappa shape index (κ3) is 4.57. The monoisotopic (exact) mass is 304 g/mol. The summed E-state index contributed by atoms with van der Waals surface area (Å²) in [5.41, 5.74) is 1.81. The van der Waals surface area contributed by atoms with E-state index in [9.17, 15) is 4.79 Å². The number of benzene rings is 1. The largest absolute Gasteiger partial charge is 0.373 e. The van der Waals surface area contributed by atoms with Gasteiger partial charge in [-0.05, 0) is 48.8 Å². The van der Waals surface area contributed by atoms with E-state index in [0.717, 1.165) is 19.3 Å². The van der Waals surface area contributed by atoms with E-state index < -0.39 is 5.97 Å². The molecule has 0 heterocycles. The number of carbonyl (C=O) groups is 1. The molecule has 22 heavy (non-hydrogen) atoms. The maximum atomic E-state index is 12.1. The molecule has 3 nitrogen and oxygen atoms in total. The van der Waals surface area contributed by atoms with Crippen molar-refractivity contribution >= 4 is 5.97 Å². The van der Waals surface area contributed by atoms with Gasteiger partial charge in [0.2, 0.25) is 0 Å². The Kier molecular flexibility index (Phi) is 6.44. The van der Waals surface area contributed by atoms with Gasteiger partial charge in [0.1, 0.15) is 6.10 Å². The molecule has 0 saturated heterocycles. The fraction of sp³-hybridized carbons (Fsp3) is 0.632. The molecule has 1 aromatic rings. The van der Waals surface area contributed by atoms with Gasteiger partial charge in [-0.15, -0.1) is 0 Å². The van der Waals surface area contributed by atoms with Crippen LogP contribution in [0.3, 0.4) is 0 Å². The van der Waals surface area contributed by atoms with Gasteiger partial charge >= 0.3 is 5.97 Å². The van der Waals surface area contributed by atoms with Crippen LogP contribution in [0.5, 0.6) is 0 Å². The van der Waals surface area contributed by atoms with E-state index in [0.29, 0.717) is 17.4 Å². The van der Waals surface area contributed by atoms with Crippen molar-refractivity contribution in [2.75, 3.05) is 0 Å². The van der Waals surface area contributed by atoms with Crippen LogP contribution in [-0.4, -0.2) is 12.1 Å². The van der Waals surface area contributed by atoms with E-state index in [2.05, 4.69) is 20.8 Å². The lowest BCUT2D eigenvalue weighted by Gasteiger charge is -2.32. The summed E-state index contributed by atoms with van der Waals surface area (Å²) in [6.45, 7) is 6.58. The standard InChI is InChI=1S/C19H28O3/c1-4-5-8-16-10-12-17(13-11-16)19(20)22-21-18-9-6-7-14(2)15(18)3/h10-15,18H,4-9H2,1-3H3. The van der Waals surface area contributed by atoms with Gasteiger partial charge in [0.05, 0.1) is 5.56 Å². The molecule has 0 radical (unpaired) electrons. The van der Waals surface area contributed by atoms with Crippen LogP contribution >= 0.6 is 0 Å². The molecule has 3 unspecified atom stereocenters. The summed E-state index contributed by atoms with van der Waals surface area (Å²) in [4.78, 5) is 22.5. The second-order valence-electron chi connectivity index (χ2n) is 6.57. The zero-order valence-electron chi connectivity index (χ0n) is 14.0. The third-order valence-electron chi connectivity index (χ3n) is 4.89. The van der Waals surface area contributed by atoms with Crippen LogP contribution in [0.4, 0.5) is 0 Å². The second-order valence-corrected chi connectivity index (χ2v) is 6.57.